The number of hydrogen-bond acceptors (Lipinski definition) is 6. The largest absolute Gasteiger partial charge is 0.301 e. The van der Waals surface area contributed by atoms with Gasteiger partial charge in [0.2, 0.25) is 15.4 Å². The van der Waals surface area contributed by atoms with E-state index in [-0.39, 0.29) is 21.9 Å². The molecule has 1 amide bonds. The van der Waals surface area contributed by atoms with Crippen molar-refractivity contribution in [1.29, 1.82) is 0 Å². The van der Waals surface area contributed by atoms with E-state index in [1.165, 1.54) is 6.92 Å². The van der Waals surface area contributed by atoms with Gasteiger partial charge in [0.05, 0.1) is 0 Å². The van der Waals surface area contributed by atoms with Crippen molar-refractivity contribution >= 4 is 48.3 Å². The fourth-order valence-electron chi connectivity index (χ4n) is 0.755. The van der Waals surface area contributed by atoms with Crippen LogP contribution >= 0.6 is 27.3 Å². The molecule has 0 saturated heterocycles. The van der Waals surface area contributed by atoms with Gasteiger partial charge in [-0.1, -0.05) is 33.8 Å². The number of rotatable bonds is 5. The minimum atomic E-state index is -3.72. The van der Waals surface area contributed by atoms with Crippen molar-refractivity contribution in [1.82, 2.24) is 14.9 Å². The molecule has 0 radical (unpaired) electrons. The summed E-state index contributed by atoms with van der Waals surface area (Å²) in [5, 5.41) is 9.49. The molecule has 2 N–H and O–H groups in total. The van der Waals surface area contributed by atoms with Gasteiger partial charge in [-0.05, 0) is 0 Å². The Morgan fingerprint density at radius 3 is 2.71 bits per heavy atom. The molecule has 0 aliphatic carbocycles. The first-order valence-corrected chi connectivity index (χ1v) is 7.34. The van der Waals surface area contributed by atoms with Gasteiger partial charge in [-0.3, -0.25) is 4.79 Å². The standard InChI is InChI=1S/C7H9BrN4O3S2/c1-4(8)3-9-17(14,15)7-12-11-6(16-7)10-5(2)13/h9H,1,3H2,2H3,(H,10,11,13). The van der Waals surface area contributed by atoms with E-state index in [9.17, 15) is 13.2 Å². The Labute approximate surface area is 111 Å². The lowest BCUT2D eigenvalue weighted by molar-refractivity contribution is -0.114. The summed E-state index contributed by atoms with van der Waals surface area (Å²) in [6.07, 6.45) is 0. The summed E-state index contributed by atoms with van der Waals surface area (Å²) < 4.78 is 25.9. The Kier molecular flexibility index (Phi) is 4.74. The van der Waals surface area contributed by atoms with E-state index in [1.54, 1.807) is 0 Å². The van der Waals surface area contributed by atoms with Crippen molar-refractivity contribution in [2.75, 3.05) is 11.9 Å². The zero-order valence-corrected chi connectivity index (χ0v) is 11.9. The van der Waals surface area contributed by atoms with Crippen LogP contribution < -0.4 is 10.0 Å². The third-order valence-corrected chi connectivity index (χ3v) is 4.26. The summed E-state index contributed by atoms with van der Waals surface area (Å²) >= 11 is 3.80. The Bertz CT molecular complexity index is 539. The molecule has 0 unspecified atom stereocenters. The molecule has 0 aliphatic rings. The average molecular weight is 341 g/mol. The van der Waals surface area contributed by atoms with Crippen molar-refractivity contribution in [3.05, 3.63) is 11.1 Å². The third-order valence-electron chi connectivity index (χ3n) is 1.37. The molecule has 10 heteroatoms. The molecule has 1 rings (SSSR count). The molecule has 0 bridgehead atoms. The molecule has 17 heavy (non-hydrogen) atoms. The van der Waals surface area contributed by atoms with Crippen LogP contribution in [0.3, 0.4) is 0 Å². The molecule has 1 aromatic heterocycles. The SMILES string of the molecule is C=C(Br)CNS(=O)(=O)c1nnc(NC(C)=O)s1. The Morgan fingerprint density at radius 1 is 1.53 bits per heavy atom. The number of hydrogen-bond donors (Lipinski definition) is 2. The van der Waals surface area contributed by atoms with Crippen LogP contribution in [0.2, 0.25) is 0 Å². The Morgan fingerprint density at radius 2 is 2.18 bits per heavy atom. The highest BCUT2D eigenvalue weighted by atomic mass is 79.9. The van der Waals surface area contributed by atoms with Crippen LogP contribution in [-0.4, -0.2) is 31.1 Å². The van der Waals surface area contributed by atoms with Gasteiger partial charge < -0.3 is 5.32 Å². The van der Waals surface area contributed by atoms with E-state index in [1.807, 2.05) is 0 Å². The van der Waals surface area contributed by atoms with Crippen LogP contribution in [0.5, 0.6) is 0 Å². The highest BCUT2D eigenvalue weighted by molar-refractivity contribution is 9.11. The Hall–Kier alpha value is -0.840. The third kappa shape index (κ3) is 4.50. The van der Waals surface area contributed by atoms with Crippen molar-refractivity contribution in [2.24, 2.45) is 0 Å². The summed E-state index contributed by atoms with van der Waals surface area (Å²) in [4.78, 5) is 10.7. The van der Waals surface area contributed by atoms with Gasteiger partial charge in [0, 0.05) is 18.0 Å². The first-order valence-electron chi connectivity index (χ1n) is 4.25. The van der Waals surface area contributed by atoms with Crippen molar-refractivity contribution in [3.8, 4) is 0 Å². The van der Waals surface area contributed by atoms with Gasteiger partial charge >= 0.3 is 0 Å². The lowest BCUT2D eigenvalue weighted by Gasteiger charge is -2.00. The zero-order valence-electron chi connectivity index (χ0n) is 8.73. The quantitative estimate of drug-likeness (QED) is 0.767. The predicted molar refractivity (Wildman–Crippen MR) is 67.5 cm³/mol. The maximum atomic E-state index is 11.7. The van der Waals surface area contributed by atoms with Crippen molar-refractivity contribution < 1.29 is 13.2 Å². The smallest absolute Gasteiger partial charge is 0.270 e. The lowest BCUT2D eigenvalue weighted by Crippen LogP contribution is -2.24. The average Bonchev–Trinajstić information content (AvgIpc) is 2.63. The van der Waals surface area contributed by atoms with Crippen LogP contribution in [0.25, 0.3) is 0 Å². The van der Waals surface area contributed by atoms with Gasteiger partial charge in [-0.2, -0.15) is 0 Å². The van der Waals surface area contributed by atoms with Gasteiger partial charge in [0.1, 0.15) is 0 Å². The number of halogens is 1. The molecular weight excluding hydrogens is 332 g/mol. The molecule has 0 aliphatic heterocycles. The van der Waals surface area contributed by atoms with E-state index >= 15 is 0 Å². The number of amides is 1. The second-order valence-electron chi connectivity index (χ2n) is 2.90. The second-order valence-corrected chi connectivity index (χ2v) is 6.94. The fraction of sp³-hybridized carbons (Fsp3) is 0.286. The maximum absolute atomic E-state index is 11.7. The van der Waals surface area contributed by atoms with Gasteiger partial charge in [-0.25, -0.2) is 13.1 Å². The minimum absolute atomic E-state index is 0.0530. The fourth-order valence-corrected chi connectivity index (χ4v) is 3.09. The number of carbonyl (C=O) groups is 1. The minimum Gasteiger partial charge on any atom is -0.301 e. The molecule has 0 saturated carbocycles. The maximum Gasteiger partial charge on any atom is 0.270 e. The summed E-state index contributed by atoms with van der Waals surface area (Å²) in [6.45, 7) is 4.84. The van der Waals surface area contributed by atoms with Crippen molar-refractivity contribution in [2.45, 2.75) is 11.3 Å². The summed E-state index contributed by atoms with van der Waals surface area (Å²) in [5.41, 5.74) is 0. The van der Waals surface area contributed by atoms with Crippen LogP contribution in [0.15, 0.2) is 15.4 Å². The zero-order chi connectivity index (χ0) is 13.1. The number of nitrogens with zero attached hydrogens (tertiary/aromatic N) is 2. The van der Waals surface area contributed by atoms with Gasteiger partial charge in [0.25, 0.3) is 10.0 Å². The molecule has 0 atom stereocenters. The van der Waals surface area contributed by atoms with Crippen LogP contribution in [-0.2, 0) is 14.8 Å². The predicted octanol–water partition coefficient (Wildman–Crippen LogP) is 0.683. The van der Waals surface area contributed by atoms with Gasteiger partial charge in [-0.15, -0.1) is 10.2 Å². The van der Waals surface area contributed by atoms with Crippen LogP contribution in [0, 0.1) is 0 Å². The summed E-state index contributed by atoms with van der Waals surface area (Å²) in [5.74, 6) is -0.341. The molecule has 0 fully saturated rings. The Balaban J connectivity index is 2.81. The molecule has 1 heterocycles. The first-order chi connectivity index (χ1) is 7.81. The van der Waals surface area contributed by atoms with Gasteiger partial charge in [0.15, 0.2) is 0 Å². The molecule has 0 spiro atoms. The normalized spacial score (nSPS) is 11.2. The molecular formula is C7H9BrN4O3S2. The number of carbonyl (C=O) groups excluding carboxylic acids is 1. The number of sulfonamides is 1. The first kappa shape index (κ1) is 14.2. The lowest BCUT2D eigenvalue weighted by atomic mass is 10.7. The van der Waals surface area contributed by atoms with E-state index < -0.39 is 10.0 Å². The highest BCUT2D eigenvalue weighted by Gasteiger charge is 2.20. The molecule has 94 valence electrons. The summed E-state index contributed by atoms with van der Waals surface area (Å²) in [6, 6.07) is 0. The topological polar surface area (TPSA) is 101 Å². The molecule has 1 aromatic rings. The van der Waals surface area contributed by atoms with E-state index in [2.05, 4.69) is 42.7 Å². The number of anilines is 1. The highest BCUT2D eigenvalue weighted by Crippen LogP contribution is 2.19. The molecule has 7 nitrogen and oxygen atoms in total. The second kappa shape index (κ2) is 5.67. The van der Waals surface area contributed by atoms with E-state index in [0.29, 0.717) is 4.48 Å². The summed E-state index contributed by atoms with van der Waals surface area (Å²) in [7, 11) is -3.72. The van der Waals surface area contributed by atoms with E-state index in [4.69, 9.17) is 0 Å². The number of aromatic nitrogens is 2. The molecule has 0 aromatic carbocycles. The monoisotopic (exact) mass is 340 g/mol. The van der Waals surface area contributed by atoms with Crippen LogP contribution in [0.1, 0.15) is 6.92 Å². The van der Waals surface area contributed by atoms with E-state index in [0.717, 1.165) is 11.3 Å². The van der Waals surface area contributed by atoms with Crippen LogP contribution in [0.4, 0.5) is 5.13 Å². The van der Waals surface area contributed by atoms with Crippen molar-refractivity contribution in [3.63, 3.8) is 0 Å². The number of nitrogens with one attached hydrogen (secondary N) is 2.